The Morgan fingerprint density at radius 1 is 1.04 bits per heavy atom. The number of methoxy groups -OCH3 is 1. The Bertz CT molecular complexity index is 708. The van der Waals surface area contributed by atoms with Crippen molar-refractivity contribution < 1.29 is 19.0 Å². The molecule has 1 fully saturated rings. The lowest BCUT2D eigenvalue weighted by atomic mass is 10.2. The van der Waals surface area contributed by atoms with Crippen molar-refractivity contribution in [1.29, 1.82) is 0 Å². The summed E-state index contributed by atoms with van der Waals surface area (Å²) in [4.78, 5) is 12.2. The third-order valence-corrected chi connectivity index (χ3v) is 4.42. The van der Waals surface area contributed by atoms with Gasteiger partial charge < -0.3 is 19.5 Å². The van der Waals surface area contributed by atoms with Gasteiger partial charge in [0.15, 0.2) is 0 Å². The fraction of sp³-hybridized carbons (Fsp3) is 0.381. The average Bonchev–Trinajstić information content (AvgIpc) is 3.19. The van der Waals surface area contributed by atoms with E-state index in [0.29, 0.717) is 30.6 Å². The summed E-state index contributed by atoms with van der Waals surface area (Å²) < 4.78 is 16.7. The molecule has 2 aromatic carbocycles. The predicted molar refractivity (Wildman–Crippen MR) is 100 cm³/mol. The first-order chi connectivity index (χ1) is 12.7. The van der Waals surface area contributed by atoms with Crippen LogP contribution in [-0.4, -0.2) is 32.3 Å². The number of amides is 1. The molecule has 26 heavy (non-hydrogen) atoms. The van der Waals surface area contributed by atoms with Gasteiger partial charge in [0.1, 0.15) is 23.9 Å². The zero-order valence-corrected chi connectivity index (χ0v) is 15.1. The van der Waals surface area contributed by atoms with Crippen LogP contribution in [0.1, 0.15) is 36.0 Å². The van der Waals surface area contributed by atoms with E-state index in [1.54, 1.807) is 19.2 Å². The lowest BCUT2D eigenvalue weighted by molar-refractivity contribution is 0.0947. The number of carbonyl (C=O) groups is 1. The van der Waals surface area contributed by atoms with Gasteiger partial charge in [-0.15, -0.1) is 0 Å². The molecule has 0 aliphatic heterocycles. The Kier molecular flexibility index (Phi) is 6.36. The Labute approximate surface area is 154 Å². The van der Waals surface area contributed by atoms with E-state index < -0.39 is 0 Å². The first kappa shape index (κ1) is 18.1. The highest BCUT2D eigenvalue weighted by Crippen LogP contribution is 2.24. The zero-order valence-electron chi connectivity index (χ0n) is 15.1. The summed E-state index contributed by atoms with van der Waals surface area (Å²) >= 11 is 0. The molecule has 0 saturated heterocycles. The Morgan fingerprint density at radius 2 is 1.77 bits per heavy atom. The van der Waals surface area contributed by atoms with Gasteiger partial charge in [-0.3, -0.25) is 4.79 Å². The molecule has 0 bridgehead atoms. The lowest BCUT2D eigenvalue weighted by Crippen LogP contribution is -2.28. The van der Waals surface area contributed by atoms with E-state index >= 15 is 0 Å². The summed E-state index contributed by atoms with van der Waals surface area (Å²) in [6, 6.07) is 14.7. The molecular formula is C21H25NO4. The molecule has 138 valence electrons. The van der Waals surface area contributed by atoms with Crippen molar-refractivity contribution in [1.82, 2.24) is 5.32 Å². The first-order valence-electron chi connectivity index (χ1n) is 9.06. The van der Waals surface area contributed by atoms with Crippen LogP contribution in [0.25, 0.3) is 0 Å². The first-order valence-corrected chi connectivity index (χ1v) is 9.06. The summed E-state index contributed by atoms with van der Waals surface area (Å²) in [6.45, 7) is 0.818. The number of carbonyl (C=O) groups excluding carboxylic acids is 1. The van der Waals surface area contributed by atoms with Gasteiger partial charge in [0.05, 0.1) is 19.8 Å². The molecule has 1 amide bonds. The second kappa shape index (κ2) is 9.13. The minimum Gasteiger partial charge on any atom is -0.497 e. The van der Waals surface area contributed by atoms with E-state index in [9.17, 15) is 4.79 Å². The second-order valence-electron chi connectivity index (χ2n) is 6.33. The highest BCUT2D eigenvalue weighted by molar-refractivity contribution is 5.94. The van der Waals surface area contributed by atoms with Gasteiger partial charge >= 0.3 is 0 Å². The van der Waals surface area contributed by atoms with Crippen LogP contribution in [0, 0.1) is 0 Å². The molecule has 0 aromatic heterocycles. The Balaban J connectivity index is 1.41. The third-order valence-electron chi connectivity index (χ3n) is 4.42. The highest BCUT2D eigenvalue weighted by atomic mass is 16.5. The van der Waals surface area contributed by atoms with Gasteiger partial charge in [-0.2, -0.15) is 0 Å². The summed E-state index contributed by atoms with van der Waals surface area (Å²) in [7, 11) is 1.61. The molecule has 1 saturated carbocycles. The number of rotatable bonds is 8. The summed E-state index contributed by atoms with van der Waals surface area (Å²) in [6.07, 6.45) is 5.04. The van der Waals surface area contributed by atoms with Crippen molar-refractivity contribution >= 4 is 5.91 Å². The molecule has 5 heteroatoms. The van der Waals surface area contributed by atoms with Crippen LogP contribution in [0.5, 0.6) is 17.2 Å². The predicted octanol–water partition coefficient (Wildman–Crippen LogP) is 3.83. The average molecular weight is 355 g/mol. The molecule has 1 aliphatic carbocycles. The van der Waals surface area contributed by atoms with E-state index in [4.69, 9.17) is 14.2 Å². The van der Waals surface area contributed by atoms with Crippen molar-refractivity contribution in [2.45, 2.75) is 31.8 Å². The lowest BCUT2D eigenvalue weighted by Gasteiger charge is -2.13. The van der Waals surface area contributed by atoms with Crippen molar-refractivity contribution in [2.75, 3.05) is 20.3 Å². The van der Waals surface area contributed by atoms with Crippen LogP contribution in [-0.2, 0) is 0 Å². The Morgan fingerprint density at radius 3 is 2.50 bits per heavy atom. The van der Waals surface area contributed by atoms with Gasteiger partial charge in [-0.1, -0.05) is 6.07 Å². The molecule has 3 rings (SSSR count). The molecule has 0 atom stereocenters. The topological polar surface area (TPSA) is 56.8 Å². The molecule has 1 N–H and O–H groups in total. The number of ether oxygens (including phenoxy) is 3. The van der Waals surface area contributed by atoms with E-state index in [-0.39, 0.29) is 5.91 Å². The van der Waals surface area contributed by atoms with Crippen molar-refractivity contribution in [2.24, 2.45) is 0 Å². The highest BCUT2D eigenvalue weighted by Gasteiger charge is 2.16. The molecule has 2 aromatic rings. The minimum absolute atomic E-state index is 0.119. The Hall–Kier alpha value is -2.69. The van der Waals surface area contributed by atoms with E-state index in [1.807, 2.05) is 36.4 Å². The van der Waals surface area contributed by atoms with Crippen molar-refractivity contribution in [3.8, 4) is 17.2 Å². The maximum Gasteiger partial charge on any atom is 0.251 e. The maximum atomic E-state index is 12.2. The SMILES string of the molecule is COc1cccc(OCCNC(=O)c2ccc(OC3CCCC3)cc2)c1. The third kappa shape index (κ3) is 5.15. The molecule has 0 spiro atoms. The van der Waals surface area contributed by atoms with Crippen LogP contribution >= 0.6 is 0 Å². The molecule has 0 unspecified atom stereocenters. The number of hydrogen-bond acceptors (Lipinski definition) is 4. The fourth-order valence-corrected chi connectivity index (χ4v) is 3.01. The van der Waals surface area contributed by atoms with Crippen LogP contribution in [0.4, 0.5) is 0 Å². The fourth-order valence-electron chi connectivity index (χ4n) is 3.01. The summed E-state index contributed by atoms with van der Waals surface area (Å²) in [5.74, 6) is 2.17. The molecule has 0 radical (unpaired) electrons. The quantitative estimate of drug-likeness (QED) is 0.731. The van der Waals surface area contributed by atoms with Gasteiger partial charge in [0.2, 0.25) is 0 Å². The van der Waals surface area contributed by atoms with E-state index in [2.05, 4.69) is 5.32 Å². The monoisotopic (exact) mass is 355 g/mol. The number of benzene rings is 2. The van der Waals surface area contributed by atoms with Gasteiger partial charge in [0.25, 0.3) is 5.91 Å². The van der Waals surface area contributed by atoms with Crippen LogP contribution in [0.2, 0.25) is 0 Å². The molecular weight excluding hydrogens is 330 g/mol. The number of hydrogen-bond donors (Lipinski definition) is 1. The largest absolute Gasteiger partial charge is 0.497 e. The van der Waals surface area contributed by atoms with Crippen LogP contribution in [0.15, 0.2) is 48.5 Å². The summed E-state index contributed by atoms with van der Waals surface area (Å²) in [5.41, 5.74) is 0.616. The molecule has 1 aliphatic rings. The van der Waals surface area contributed by atoms with Crippen molar-refractivity contribution in [3.63, 3.8) is 0 Å². The zero-order chi connectivity index (χ0) is 18.2. The normalized spacial score (nSPS) is 14.0. The van der Waals surface area contributed by atoms with Gasteiger partial charge in [-0.25, -0.2) is 0 Å². The minimum atomic E-state index is -0.119. The van der Waals surface area contributed by atoms with Gasteiger partial charge in [0, 0.05) is 11.6 Å². The van der Waals surface area contributed by atoms with Crippen LogP contribution in [0.3, 0.4) is 0 Å². The van der Waals surface area contributed by atoms with Crippen LogP contribution < -0.4 is 19.5 Å². The van der Waals surface area contributed by atoms with Gasteiger partial charge in [-0.05, 0) is 62.1 Å². The summed E-state index contributed by atoms with van der Waals surface area (Å²) in [5, 5.41) is 2.85. The van der Waals surface area contributed by atoms with E-state index in [0.717, 1.165) is 24.3 Å². The van der Waals surface area contributed by atoms with Crippen molar-refractivity contribution in [3.05, 3.63) is 54.1 Å². The molecule has 0 heterocycles. The maximum absolute atomic E-state index is 12.2. The number of nitrogens with one attached hydrogen (secondary N) is 1. The van der Waals surface area contributed by atoms with E-state index in [1.165, 1.54) is 12.8 Å². The molecule has 5 nitrogen and oxygen atoms in total. The smallest absolute Gasteiger partial charge is 0.251 e. The standard InChI is InChI=1S/C21H25NO4/c1-24-19-7-4-8-20(15-19)25-14-13-22-21(23)16-9-11-18(12-10-16)26-17-5-2-3-6-17/h4,7-12,15,17H,2-3,5-6,13-14H2,1H3,(H,22,23). The second-order valence-corrected chi connectivity index (χ2v) is 6.33.